The fourth-order valence-corrected chi connectivity index (χ4v) is 4.48. The Morgan fingerprint density at radius 1 is 1.19 bits per heavy atom. The molecule has 0 saturated heterocycles. The standard InChI is InChI=1S/C19H26I2N2O4/c1-6-26-17(24)13-10-15(20)14(16(21)11-13)8-7-9-22-12(2)23-18(25)27-19(3,4)5/h10-11H,6-9H2,1-5H3,(H,22,23,25). The molecule has 0 unspecified atom stereocenters. The van der Waals surface area contributed by atoms with Crippen molar-refractivity contribution in [3.8, 4) is 0 Å². The summed E-state index contributed by atoms with van der Waals surface area (Å²) in [5.74, 6) is 0.236. The highest BCUT2D eigenvalue weighted by Gasteiger charge is 2.16. The van der Waals surface area contributed by atoms with Gasteiger partial charge >= 0.3 is 12.1 Å². The number of ether oxygens (including phenoxy) is 2. The highest BCUT2D eigenvalue weighted by Crippen LogP contribution is 2.23. The van der Waals surface area contributed by atoms with Crippen LogP contribution in [-0.4, -0.2) is 36.7 Å². The van der Waals surface area contributed by atoms with Gasteiger partial charge in [0, 0.05) is 13.7 Å². The number of nitrogens with one attached hydrogen (secondary N) is 1. The lowest BCUT2D eigenvalue weighted by Crippen LogP contribution is -2.35. The summed E-state index contributed by atoms with van der Waals surface area (Å²) >= 11 is 4.49. The fourth-order valence-electron chi connectivity index (χ4n) is 2.17. The molecule has 150 valence electrons. The highest BCUT2D eigenvalue weighted by molar-refractivity contribution is 14.1. The molecule has 0 radical (unpaired) electrons. The largest absolute Gasteiger partial charge is 0.462 e. The Bertz CT molecular complexity index is 689. The number of carbonyl (C=O) groups excluding carboxylic acids is 2. The minimum Gasteiger partial charge on any atom is -0.462 e. The van der Waals surface area contributed by atoms with Crippen LogP contribution in [0.2, 0.25) is 0 Å². The summed E-state index contributed by atoms with van der Waals surface area (Å²) < 4.78 is 12.3. The maximum atomic E-state index is 11.9. The number of alkyl carbamates (subject to hydrolysis) is 1. The molecule has 8 heteroatoms. The smallest absolute Gasteiger partial charge is 0.413 e. The fraction of sp³-hybridized carbons (Fsp3) is 0.526. The number of amides is 1. The molecule has 1 aromatic rings. The number of aliphatic imine (C=N–C) groups is 1. The van der Waals surface area contributed by atoms with Crippen molar-refractivity contribution in [3.63, 3.8) is 0 Å². The van der Waals surface area contributed by atoms with E-state index in [-0.39, 0.29) is 5.97 Å². The van der Waals surface area contributed by atoms with E-state index >= 15 is 0 Å². The predicted molar refractivity (Wildman–Crippen MR) is 123 cm³/mol. The number of rotatable bonds is 6. The first-order valence-electron chi connectivity index (χ1n) is 8.69. The monoisotopic (exact) mass is 600 g/mol. The number of nitrogens with zero attached hydrogens (tertiary/aromatic N) is 1. The molecule has 0 fully saturated rings. The van der Waals surface area contributed by atoms with Gasteiger partial charge in [-0.25, -0.2) is 9.59 Å². The van der Waals surface area contributed by atoms with Crippen LogP contribution in [-0.2, 0) is 15.9 Å². The van der Waals surface area contributed by atoms with Crippen LogP contribution in [0.15, 0.2) is 17.1 Å². The predicted octanol–water partition coefficient (Wildman–Crippen LogP) is 4.95. The van der Waals surface area contributed by atoms with E-state index in [0.717, 1.165) is 20.0 Å². The first-order valence-corrected chi connectivity index (χ1v) is 10.8. The van der Waals surface area contributed by atoms with Crippen LogP contribution < -0.4 is 5.32 Å². The van der Waals surface area contributed by atoms with Crippen molar-refractivity contribution in [1.82, 2.24) is 5.32 Å². The molecular weight excluding hydrogens is 574 g/mol. The van der Waals surface area contributed by atoms with Gasteiger partial charge in [-0.15, -0.1) is 0 Å². The third-order valence-corrected chi connectivity index (χ3v) is 5.19. The molecular formula is C19H26I2N2O4. The van der Waals surface area contributed by atoms with Crippen LogP contribution in [0.5, 0.6) is 0 Å². The second kappa shape index (κ2) is 11.2. The highest BCUT2D eigenvalue weighted by atomic mass is 127. The van der Waals surface area contributed by atoms with E-state index in [0.29, 0.717) is 24.6 Å². The molecule has 0 spiro atoms. The Kier molecular flexibility index (Phi) is 9.99. The third-order valence-electron chi connectivity index (χ3n) is 3.27. The molecule has 1 aromatic carbocycles. The van der Waals surface area contributed by atoms with Gasteiger partial charge in [0.25, 0.3) is 0 Å². The van der Waals surface area contributed by atoms with Crippen LogP contribution in [0.25, 0.3) is 0 Å². The third kappa shape index (κ3) is 9.22. The molecule has 0 bridgehead atoms. The molecule has 1 rings (SSSR count). The van der Waals surface area contributed by atoms with E-state index in [1.807, 2.05) is 32.9 Å². The van der Waals surface area contributed by atoms with E-state index < -0.39 is 11.7 Å². The zero-order valence-corrected chi connectivity index (χ0v) is 20.6. The Morgan fingerprint density at radius 2 is 1.78 bits per heavy atom. The van der Waals surface area contributed by atoms with Gasteiger partial charge < -0.3 is 9.47 Å². The summed E-state index contributed by atoms with van der Waals surface area (Å²) in [7, 11) is 0. The second-order valence-corrected chi connectivity index (χ2v) is 9.16. The van der Waals surface area contributed by atoms with Crippen molar-refractivity contribution in [2.75, 3.05) is 13.2 Å². The maximum Gasteiger partial charge on any atom is 0.413 e. The summed E-state index contributed by atoms with van der Waals surface area (Å²) in [5.41, 5.74) is 1.23. The van der Waals surface area contributed by atoms with Gasteiger partial charge in [-0.05, 0) is 110 Å². The van der Waals surface area contributed by atoms with Gasteiger partial charge in [0.1, 0.15) is 11.4 Å². The average Bonchev–Trinajstić information content (AvgIpc) is 2.51. The van der Waals surface area contributed by atoms with Crippen LogP contribution >= 0.6 is 45.2 Å². The van der Waals surface area contributed by atoms with Gasteiger partial charge in [0.2, 0.25) is 0 Å². The van der Waals surface area contributed by atoms with Crippen molar-refractivity contribution in [2.24, 2.45) is 4.99 Å². The van der Waals surface area contributed by atoms with Crippen molar-refractivity contribution in [3.05, 3.63) is 30.4 Å². The quantitative estimate of drug-likeness (QED) is 0.165. The SMILES string of the molecule is CCOC(=O)c1cc(I)c(CCCN=C(C)NC(=O)OC(C)(C)C)c(I)c1. The first-order chi connectivity index (χ1) is 12.5. The first kappa shape index (κ1) is 24.1. The van der Waals surface area contributed by atoms with E-state index in [4.69, 9.17) is 9.47 Å². The van der Waals surface area contributed by atoms with Gasteiger partial charge in [-0.2, -0.15) is 0 Å². The number of esters is 1. The number of halogens is 2. The molecule has 0 aliphatic carbocycles. The van der Waals surface area contributed by atoms with E-state index in [1.54, 1.807) is 13.8 Å². The number of benzene rings is 1. The van der Waals surface area contributed by atoms with Gasteiger partial charge in [-0.3, -0.25) is 10.3 Å². The lowest BCUT2D eigenvalue weighted by atomic mass is 10.1. The van der Waals surface area contributed by atoms with Crippen molar-refractivity contribution in [1.29, 1.82) is 0 Å². The van der Waals surface area contributed by atoms with Crippen LogP contribution in [0.3, 0.4) is 0 Å². The summed E-state index contributed by atoms with van der Waals surface area (Å²) in [4.78, 5) is 27.9. The summed E-state index contributed by atoms with van der Waals surface area (Å²) in [5, 5.41) is 2.62. The average molecular weight is 600 g/mol. The number of hydrogen-bond acceptors (Lipinski definition) is 5. The summed E-state index contributed by atoms with van der Waals surface area (Å²) in [6.07, 6.45) is 1.17. The maximum absolute atomic E-state index is 11.9. The summed E-state index contributed by atoms with van der Waals surface area (Å²) in [6.45, 7) is 9.93. The van der Waals surface area contributed by atoms with Crippen molar-refractivity contribution < 1.29 is 19.1 Å². The molecule has 1 amide bonds. The molecule has 0 aromatic heterocycles. The zero-order chi connectivity index (χ0) is 20.6. The minimum atomic E-state index is -0.534. The Balaban J connectivity index is 2.59. The lowest BCUT2D eigenvalue weighted by Gasteiger charge is -2.19. The van der Waals surface area contributed by atoms with Gasteiger partial charge in [0.15, 0.2) is 0 Å². The topological polar surface area (TPSA) is 77.0 Å². The zero-order valence-electron chi connectivity index (χ0n) is 16.3. The molecule has 0 saturated carbocycles. The molecule has 1 N–H and O–H groups in total. The van der Waals surface area contributed by atoms with Crippen LogP contribution in [0.1, 0.15) is 57.0 Å². The molecule has 0 heterocycles. The number of amidine groups is 1. The van der Waals surface area contributed by atoms with Crippen molar-refractivity contribution in [2.45, 2.75) is 53.1 Å². The Labute approximate surface area is 188 Å². The van der Waals surface area contributed by atoms with Crippen LogP contribution in [0.4, 0.5) is 4.79 Å². The van der Waals surface area contributed by atoms with E-state index in [2.05, 4.69) is 55.5 Å². The number of carbonyl (C=O) groups is 2. The Morgan fingerprint density at radius 3 is 2.30 bits per heavy atom. The molecule has 6 nitrogen and oxygen atoms in total. The van der Waals surface area contributed by atoms with Crippen LogP contribution in [0, 0.1) is 7.14 Å². The lowest BCUT2D eigenvalue weighted by molar-refractivity contribution is 0.0523. The number of hydrogen-bond donors (Lipinski definition) is 1. The molecule has 0 atom stereocenters. The minimum absolute atomic E-state index is 0.298. The Hall–Kier alpha value is -0.910. The molecule has 0 aliphatic heterocycles. The van der Waals surface area contributed by atoms with E-state index in [9.17, 15) is 9.59 Å². The molecule has 27 heavy (non-hydrogen) atoms. The van der Waals surface area contributed by atoms with Gasteiger partial charge in [-0.1, -0.05) is 0 Å². The van der Waals surface area contributed by atoms with E-state index in [1.165, 1.54) is 5.56 Å². The summed E-state index contributed by atoms with van der Waals surface area (Å²) in [6, 6.07) is 3.71. The van der Waals surface area contributed by atoms with Crippen molar-refractivity contribution >= 4 is 63.1 Å². The molecule has 0 aliphatic rings. The van der Waals surface area contributed by atoms with Gasteiger partial charge in [0.05, 0.1) is 12.2 Å². The second-order valence-electron chi connectivity index (χ2n) is 6.84. The normalized spacial score (nSPS) is 11.9.